The first-order valence-electron chi connectivity index (χ1n) is 10.1. The standard InChI is InChI=1S/C21H31FN4O.HI/c1-3-18(26-13-5-8-19(26)27)9-12-24-20(23-2)25-15-21(10-11-21)16-6-4-7-17(22)14-16;/h4,6-7,14,18H,3,5,8-13,15H2,1-2H3,(H2,23,24,25);1H. The van der Waals surface area contributed by atoms with Crippen LogP contribution in [0.2, 0.25) is 0 Å². The lowest BCUT2D eigenvalue weighted by atomic mass is 9.96. The number of nitrogens with zero attached hydrogens (tertiary/aromatic N) is 2. The first-order valence-corrected chi connectivity index (χ1v) is 10.1. The lowest BCUT2D eigenvalue weighted by molar-refractivity contribution is -0.129. The van der Waals surface area contributed by atoms with Crippen molar-refractivity contribution in [2.45, 2.75) is 56.9 Å². The molecule has 1 aromatic carbocycles. The average Bonchev–Trinajstić information content (AvgIpc) is 3.36. The normalized spacial score (nSPS) is 19.2. The Morgan fingerprint density at radius 1 is 1.36 bits per heavy atom. The second-order valence-corrected chi connectivity index (χ2v) is 7.68. The van der Waals surface area contributed by atoms with Gasteiger partial charge in [0.1, 0.15) is 5.82 Å². The van der Waals surface area contributed by atoms with Crippen LogP contribution in [-0.2, 0) is 10.2 Å². The molecule has 0 bridgehead atoms. The summed E-state index contributed by atoms with van der Waals surface area (Å²) >= 11 is 0. The van der Waals surface area contributed by atoms with E-state index in [0.29, 0.717) is 12.5 Å². The summed E-state index contributed by atoms with van der Waals surface area (Å²) < 4.78 is 13.5. The molecule has 2 fully saturated rings. The Balaban J connectivity index is 0.00000280. The van der Waals surface area contributed by atoms with E-state index in [4.69, 9.17) is 0 Å². The number of hydrogen-bond acceptors (Lipinski definition) is 2. The molecule has 0 spiro atoms. The van der Waals surface area contributed by atoms with E-state index in [1.54, 1.807) is 19.2 Å². The van der Waals surface area contributed by atoms with Crippen molar-refractivity contribution in [1.29, 1.82) is 0 Å². The van der Waals surface area contributed by atoms with Crippen LogP contribution in [0, 0.1) is 5.82 Å². The number of likely N-dealkylation sites (tertiary alicyclic amines) is 1. The van der Waals surface area contributed by atoms with E-state index in [0.717, 1.165) is 63.3 Å². The molecule has 2 N–H and O–H groups in total. The second-order valence-electron chi connectivity index (χ2n) is 7.68. The predicted molar refractivity (Wildman–Crippen MR) is 122 cm³/mol. The molecule has 1 atom stereocenters. The van der Waals surface area contributed by atoms with E-state index in [-0.39, 0.29) is 41.1 Å². The van der Waals surface area contributed by atoms with E-state index in [1.165, 1.54) is 6.07 Å². The Bertz CT molecular complexity index is 693. The number of nitrogens with one attached hydrogen (secondary N) is 2. The molecule has 1 saturated heterocycles. The summed E-state index contributed by atoms with van der Waals surface area (Å²) in [5.41, 5.74) is 1.08. The molecule has 156 valence electrons. The SMILES string of the molecule is CCC(CCNC(=NC)NCC1(c2cccc(F)c2)CC1)N1CCCC1=O.I. The van der Waals surface area contributed by atoms with Gasteiger partial charge in [0, 0.05) is 44.6 Å². The van der Waals surface area contributed by atoms with Crippen LogP contribution in [0.4, 0.5) is 4.39 Å². The summed E-state index contributed by atoms with van der Waals surface area (Å²) in [4.78, 5) is 18.3. The zero-order valence-corrected chi connectivity index (χ0v) is 19.2. The molecule has 1 unspecified atom stereocenters. The van der Waals surface area contributed by atoms with Crippen molar-refractivity contribution in [2.75, 3.05) is 26.7 Å². The van der Waals surface area contributed by atoms with Crippen molar-refractivity contribution in [3.8, 4) is 0 Å². The fourth-order valence-electron chi connectivity index (χ4n) is 4.00. The van der Waals surface area contributed by atoms with Crippen molar-refractivity contribution in [2.24, 2.45) is 4.99 Å². The number of hydrogen-bond donors (Lipinski definition) is 2. The third-order valence-electron chi connectivity index (χ3n) is 5.90. The van der Waals surface area contributed by atoms with E-state index in [2.05, 4.69) is 22.5 Å². The van der Waals surface area contributed by atoms with Crippen LogP contribution in [0.3, 0.4) is 0 Å². The van der Waals surface area contributed by atoms with Crippen molar-refractivity contribution in [3.63, 3.8) is 0 Å². The molecular formula is C21H32FIN4O. The number of rotatable bonds is 8. The van der Waals surface area contributed by atoms with Crippen molar-refractivity contribution in [1.82, 2.24) is 15.5 Å². The molecule has 5 nitrogen and oxygen atoms in total. The van der Waals surface area contributed by atoms with Crippen molar-refractivity contribution in [3.05, 3.63) is 35.6 Å². The summed E-state index contributed by atoms with van der Waals surface area (Å²) in [5.74, 6) is 0.874. The number of aliphatic imine (C=N–C) groups is 1. The topological polar surface area (TPSA) is 56.7 Å². The molecule has 1 aliphatic carbocycles. The lowest BCUT2D eigenvalue weighted by Crippen LogP contribution is -2.43. The number of benzene rings is 1. The van der Waals surface area contributed by atoms with Gasteiger partial charge in [-0.25, -0.2) is 4.39 Å². The molecule has 2 aliphatic rings. The molecule has 1 saturated carbocycles. The number of carbonyl (C=O) groups excluding carboxylic acids is 1. The van der Waals surface area contributed by atoms with Gasteiger partial charge in [-0.05, 0) is 49.8 Å². The van der Waals surface area contributed by atoms with E-state index < -0.39 is 0 Å². The lowest BCUT2D eigenvalue weighted by Gasteiger charge is -2.27. The zero-order valence-electron chi connectivity index (χ0n) is 16.8. The summed E-state index contributed by atoms with van der Waals surface area (Å²) in [5, 5.41) is 6.76. The molecule has 0 radical (unpaired) electrons. The third-order valence-corrected chi connectivity index (χ3v) is 5.90. The van der Waals surface area contributed by atoms with Crippen LogP contribution in [0.1, 0.15) is 51.0 Å². The average molecular weight is 502 g/mol. The fraction of sp³-hybridized carbons (Fsp3) is 0.619. The Morgan fingerprint density at radius 3 is 2.71 bits per heavy atom. The third kappa shape index (κ3) is 5.58. The summed E-state index contributed by atoms with van der Waals surface area (Å²) in [6, 6.07) is 7.22. The summed E-state index contributed by atoms with van der Waals surface area (Å²) in [7, 11) is 1.76. The zero-order chi connectivity index (χ0) is 19.3. The number of carbonyl (C=O) groups is 1. The van der Waals surface area contributed by atoms with Crippen LogP contribution >= 0.6 is 24.0 Å². The van der Waals surface area contributed by atoms with E-state index in [9.17, 15) is 9.18 Å². The highest BCUT2D eigenvalue weighted by Gasteiger charge is 2.44. The van der Waals surface area contributed by atoms with Gasteiger partial charge in [-0.15, -0.1) is 24.0 Å². The van der Waals surface area contributed by atoms with Gasteiger partial charge in [0.25, 0.3) is 0 Å². The van der Waals surface area contributed by atoms with Gasteiger partial charge >= 0.3 is 0 Å². The minimum absolute atomic E-state index is 0. The maximum absolute atomic E-state index is 13.5. The minimum atomic E-state index is -0.177. The number of halogens is 2. The monoisotopic (exact) mass is 502 g/mol. The Hall–Kier alpha value is -1.38. The highest BCUT2D eigenvalue weighted by atomic mass is 127. The van der Waals surface area contributed by atoms with E-state index in [1.807, 2.05) is 11.0 Å². The quantitative estimate of drug-likeness (QED) is 0.326. The molecule has 0 aromatic heterocycles. The molecule has 28 heavy (non-hydrogen) atoms. The van der Waals surface area contributed by atoms with Crippen LogP contribution in [0.25, 0.3) is 0 Å². The smallest absolute Gasteiger partial charge is 0.222 e. The Morgan fingerprint density at radius 2 is 2.14 bits per heavy atom. The fourth-order valence-corrected chi connectivity index (χ4v) is 4.00. The minimum Gasteiger partial charge on any atom is -0.356 e. The first kappa shape index (κ1) is 22.9. The first-order chi connectivity index (χ1) is 13.1. The second kappa shape index (κ2) is 10.4. The molecular weight excluding hydrogens is 470 g/mol. The molecule has 1 heterocycles. The molecule has 3 rings (SSSR count). The number of guanidine groups is 1. The van der Waals surface area contributed by atoms with Crippen molar-refractivity contribution >= 4 is 35.8 Å². The highest BCUT2D eigenvalue weighted by molar-refractivity contribution is 14.0. The maximum atomic E-state index is 13.5. The maximum Gasteiger partial charge on any atom is 0.222 e. The van der Waals surface area contributed by atoms with Gasteiger partial charge in [-0.3, -0.25) is 9.79 Å². The van der Waals surface area contributed by atoms with Crippen LogP contribution in [-0.4, -0.2) is 49.5 Å². The molecule has 1 aromatic rings. The Labute approximate surface area is 184 Å². The summed E-state index contributed by atoms with van der Waals surface area (Å²) in [6.07, 6.45) is 5.69. The van der Waals surface area contributed by atoms with Gasteiger partial charge in [0.15, 0.2) is 5.96 Å². The number of amides is 1. The van der Waals surface area contributed by atoms with Crippen molar-refractivity contribution < 1.29 is 9.18 Å². The largest absolute Gasteiger partial charge is 0.356 e. The molecule has 7 heteroatoms. The van der Waals surface area contributed by atoms with Gasteiger partial charge in [-0.2, -0.15) is 0 Å². The van der Waals surface area contributed by atoms with Crippen LogP contribution in [0.5, 0.6) is 0 Å². The predicted octanol–water partition coefficient (Wildman–Crippen LogP) is 3.43. The highest BCUT2D eigenvalue weighted by Crippen LogP contribution is 2.47. The van der Waals surface area contributed by atoms with Gasteiger partial charge in [-0.1, -0.05) is 19.1 Å². The van der Waals surface area contributed by atoms with Gasteiger partial charge < -0.3 is 15.5 Å². The van der Waals surface area contributed by atoms with Gasteiger partial charge in [0.05, 0.1) is 0 Å². The molecule has 1 amide bonds. The summed E-state index contributed by atoms with van der Waals surface area (Å²) in [6.45, 7) is 4.55. The van der Waals surface area contributed by atoms with Gasteiger partial charge in [0.2, 0.25) is 5.91 Å². The van der Waals surface area contributed by atoms with Crippen LogP contribution in [0.15, 0.2) is 29.3 Å². The molecule has 1 aliphatic heterocycles. The van der Waals surface area contributed by atoms with E-state index >= 15 is 0 Å². The Kier molecular flexibility index (Phi) is 8.52. The van der Waals surface area contributed by atoms with Crippen LogP contribution < -0.4 is 10.6 Å².